The summed E-state index contributed by atoms with van der Waals surface area (Å²) < 4.78 is 7.61. The molecule has 3 aromatic rings. The zero-order chi connectivity index (χ0) is 17.6. The molecule has 0 bridgehead atoms. The average Bonchev–Trinajstić information content (AvgIpc) is 3.02. The molecule has 2 N–H and O–H groups in total. The molecule has 0 aliphatic rings. The fourth-order valence-electron chi connectivity index (χ4n) is 2.55. The second kappa shape index (κ2) is 7.96. The minimum absolute atomic E-state index is 0.279. The van der Waals surface area contributed by atoms with Crippen molar-refractivity contribution in [2.75, 3.05) is 32.6 Å². The highest BCUT2D eigenvalue weighted by atomic mass is 16.5. The lowest BCUT2D eigenvalue weighted by Crippen LogP contribution is -2.30. The monoisotopic (exact) mass is 341 g/mol. The Morgan fingerprint density at radius 1 is 1.24 bits per heavy atom. The number of likely N-dealkylation sites (N-methyl/N-ethyl adjacent to an activating group) is 1. The van der Waals surface area contributed by atoms with E-state index in [4.69, 9.17) is 4.74 Å². The lowest BCUT2D eigenvalue weighted by Gasteiger charge is -2.16. The number of nitrogens with zero attached hydrogens (tertiary/aromatic N) is 4. The van der Waals surface area contributed by atoms with Crippen LogP contribution in [0.5, 0.6) is 5.75 Å². The van der Waals surface area contributed by atoms with Crippen molar-refractivity contribution in [3.8, 4) is 5.75 Å². The number of aromatic nitrogens is 3. The van der Waals surface area contributed by atoms with Crippen LogP contribution in [-0.4, -0.2) is 57.7 Å². The number of hydrogen-bond acceptors (Lipinski definition) is 6. The lowest BCUT2D eigenvalue weighted by molar-refractivity contribution is 0.0831. The summed E-state index contributed by atoms with van der Waals surface area (Å²) in [5.74, 6) is 0.740. The molecule has 2 heterocycles. The number of fused-ring (bicyclic) bond motifs is 1. The SMILES string of the molecule is CN(C)CC(O)COc1ccc(NCc2cnc3cnccn23)cc1. The molecule has 0 amide bonds. The van der Waals surface area contributed by atoms with E-state index in [0.717, 1.165) is 22.8 Å². The second-order valence-corrected chi connectivity index (χ2v) is 6.16. The molecule has 0 aliphatic carbocycles. The average molecular weight is 341 g/mol. The standard InChI is InChI=1S/C18H23N5O2/c1-22(2)12-16(24)13-25-17-5-3-14(4-6-17)20-9-15-10-21-18-11-19-7-8-23(15)18/h3-8,10-11,16,20,24H,9,12-13H2,1-2H3. The zero-order valence-corrected chi connectivity index (χ0v) is 14.5. The van der Waals surface area contributed by atoms with Crippen LogP contribution in [0.1, 0.15) is 5.69 Å². The van der Waals surface area contributed by atoms with Gasteiger partial charge in [0, 0.05) is 24.6 Å². The van der Waals surface area contributed by atoms with E-state index in [1.165, 1.54) is 0 Å². The first kappa shape index (κ1) is 17.2. The Morgan fingerprint density at radius 2 is 2.04 bits per heavy atom. The highest BCUT2D eigenvalue weighted by molar-refractivity contribution is 5.47. The Morgan fingerprint density at radius 3 is 2.80 bits per heavy atom. The van der Waals surface area contributed by atoms with Gasteiger partial charge in [-0.2, -0.15) is 0 Å². The summed E-state index contributed by atoms with van der Waals surface area (Å²) in [6.07, 6.45) is 6.72. The maximum atomic E-state index is 9.82. The fourth-order valence-corrected chi connectivity index (χ4v) is 2.55. The number of aliphatic hydroxyl groups excluding tert-OH is 1. The van der Waals surface area contributed by atoms with Crippen LogP contribution in [0.2, 0.25) is 0 Å². The van der Waals surface area contributed by atoms with Crippen LogP contribution >= 0.6 is 0 Å². The largest absolute Gasteiger partial charge is 0.491 e. The molecule has 0 saturated carbocycles. The number of aliphatic hydroxyl groups is 1. The molecule has 1 aromatic carbocycles. The van der Waals surface area contributed by atoms with Crippen LogP contribution in [-0.2, 0) is 6.54 Å². The summed E-state index contributed by atoms with van der Waals surface area (Å²) in [5, 5.41) is 13.2. The highest BCUT2D eigenvalue weighted by Gasteiger charge is 2.07. The Bertz CT molecular complexity index is 801. The first-order chi connectivity index (χ1) is 12.1. The minimum Gasteiger partial charge on any atom is -0.491 e. The van der Waals surface area contributed by atoms with Gasteiger partial charge in [-0.05, 0) is 38.4 Å². The molecule has 0 radical (unpaired) electrons. The van der Waals surface area contributed by atoms with Crippen molar-refractivity contribution in [1.82, 2.24) is 19.3 Å². The third-order valence-electron chi connectivity index (χ3n) is 3.74. The van der Waals surface area contributed by atoms with Crippen LogP contribution in [0.3, 0.4) is 0 Å². The van der Waals surface area contributed by atoms with Crippen LogP contribution < -0.4 is 10.1 Å². The van der Waals surface area contributed by atoms with Crippen LogP contribution in [0, 0.1) is 0 Å². The van der Waals surface area contributed by atoms with Crippen LogP contribution in [0.25, 0.3) is 5.65 Å². The Balaban J connectivity index is 1.52. The number of anilines is 1. The van der Waals surface area contributed by atoms with Gasteiger partial charge in [0.15, 0.2) is 5.65 Å². The van der Waals surface area contributed by atoms with Gasteiger partial charge in [0.05, 0.1) is 24.6 Å². The number of benzene rings is 1. The molecule has 1 unspecified atom stereocenters. The number of ether oxygens (including phenoxy) is 1. The molecule has 132 valence electrons. The number of imidazole rings is 1. The first-order valence-corrected chi connectivity index (χ1v) is 8.17. The van der Waals surface area contributed by atoms with Gasteiger partial charge in [0.2, 0.25) is 0 Å². The maximum absolute atomic E-state index is 9.82. The van der Waals surface area contributed by atoms with E-state index in [-0.39, 0.29) is 6.61 Å². The predicted molar refractivity (Wildman–Crippen MR) is 96.8 cm³/mol. The summed E-state index contributed by atoms with van der Waals surface area (Å²) in [5.41, 5.74) is 2.88. The van der Waals surface area contributed by atoms with Gasteiger partial charge in [0.1, 0.15) is 18.5 Å². The zero-order valence-electron chi connectivity index (χ0n) is 14.5. The molecule has 0 spiro atoms. The van der Waals surface area contributed by atoms with Gasteiger partial charge in [-0.25, -0.2) is 4.98 Å². The number of nitrogens with one attached hydrogen (secondary N) is 1. The summed E-state index contributed by atoms with van der Waals surface area (Å²) >= 11 is 0. The van der Waals surface area contributed by atoms with Crippen molar-refractivity contribution in [3.05, 3.63) is 54.7 Å². The quantitative estimate of drug-likeness (QED) is 0.649. The van der Waals surface area contributed by atoms with E-state index in [1.54, 1.807) is 12.4 Å². The molecule has 25 heavy (non-hydrogen) atoms. The predicted octanol–water partition coefficient (Wildman–Crippen LogP) is 1.64. The van der Waals surface area contributed by atoms with Crippen LogP contribution in [0.15, 0.2) is 49.1 Å². The van der Waals surface area contributed by atoms with Crippen molar-refractivity contribution in [2.45, 2.75) is 12.6 Å². The Hall–Kier alpha value is -2.64. The maximum Gasteiger partial charge on any atom is 0.155 e. The fraction of sp³-hybridized carbons (Fsp3) is 0.333. The van der Waals surface area contributed by atoms with Crippen LogP contribution in [0.4, 0.5) is 5.69 Å². The third-order valence-corrected chi connectivity index (χ3v) is 3.74. The van der Waals surface area contributed by atoms with E-state index in [0.29, 0.717) is 13.1 Å². The molecule has 0 aliphatic heterocycles. The van der Waals surface area contributed by atoms with Gasteiger partial charge < -0.3 is 20.1 Å². The lowest BCUT2D eigenvalue weighted by atomic mass is 10.3. The molecule has 1 atom stereocenters. The van der Waals surface area contributed by atoms with Gasteiger partial charge in [-0.15, -0.1) is 0 Å². The first-order valence-electron chi connectivity index (χ1n) is 8.17. The molecule has 0 saturated heterocycles. The smallest absolute Gasteiger partial charge is 0.155 e. The van der Waals surface area contributed by atoms with Crippen molar-refractivity contribution in [1.29, 1.82) is 0 Å². The van der Waals surface area contributed by atoms with Gasteiger partial charge >= 0.3 is 0 Å². The topological polar surface area (TPSA) is 74.9 Å². The Kier molecular flexibility index (Phi) is 5.47. The molecular weight excluding hydrogens is 318 g/mol. The van der Waals surface area contributed by atoms with E-state index in [1.807, 2.05) is 60.1 Å². The molecule has 7 heteroatoms. The van der Waals surface area contributed by atoms with E-state index >= 15 is 0 Å². The summed E-state index contributed by atoms with van der Waals surface area (Å²) in [7, 11) is 3.84. The highest BCUT2D eigenvalue weighted by Crippen LogP contribution is 2.17. The molecule has 7 nitrogen and oxygen atoms in total. The van der Waals surface area contributed by atoms with E-state index < -0.39 is 6.10 Å². The van der Waals surface area contributed by atoms with Crippen molar-refractivity contribution >= 4 is 11.3 Å². The summed E-state index contributed by atoms with van der Waals surface area (Å²) in [6.45, 7) is 1.52. The molecule has 3 rings (SSSR count). The van der Waals surface area contributed by atoms with Crippen molar-refractivity contribution in [3.63, 3.8) is 0 Å². The number of hydrogen-bond donors (Lipinski definition) is 2. The van der Waals surface area contributed by atoms with E-state index in [2.05, 4.69) is 15.3 Å². The summed E-state index contributed by atoms with van der Waals surface area (Å²) in [6, 6.07) is 7.70. The number of rotatable bonds is 8. The van der Waals surface area contributed by atoms with Gasteiger partial charge in [-0.3, -0.25) is 9.38 Å². The second-order valence-electron chi connectivity index (χ2n) is 6.16. The van der Waals surface area contributed by atoms with Crippen molar-refractivity contribution < 1.29 is 9.84 Å². The molecule has 0 fully saturated rings. The van der Waals surface area contributed by atoms with Gasteiger partial charge in [-0.1, -0.05) is 0 Å². The molecule has 2 aromatic heterocycles. The minimum atomic E-state index is -0.502. The third kappa shape index (κ3) is 4.68. The van der Waals surface area contributed by atoms with Gasteiger partial charge in [0.25, 0.3) is 0 Å². The normalized spacial score (nSPS) is 12.5. The Labute approximate surface area is 146 Å². The molecular formula is C18H23N5O2. The van der Waals surface area contributed by atoms with Crippen molar-refractivity contribution in [2.24, 2.45) is 0 Å². The van der Waals surface area contributed by atoms with E-state index in [9.17, 15) is 5.11 Å². The summed E-state index contributed by atoms with van der Waals surface area (Å²) in [4.78, 5) is 10.3.